The fourth-order valence-electron chi connectivity index (χ4n) is 6.21. The Bertz CT molecular complexity index is 707. The van der Waals surface area contributed by atoms with Crippen LogP contribution in [-0.2, 0) is 6.61 Å². The summed E-state index contributed by atoms with van der Waals surface area (Å²) in [6.45, 7) is 1.78. The van der Waals surface area contributed by atoms with Crippen molar-refractivity contribution in [3.63, 3.8) is 0 Å². The van der Waals surface area contributed by atoms with Gasteiger partial charge in [-0.25, -0.2) is 0 Å². The van der Waals surface area contributed by atoms with Gasteiger partial charge in [0.25, 0.3) is 0 Å². The molecule has 0 saturated heterocycles. The van der Waals surface area contributed by atoms with E-state index in [0.29, 0.717) is 12.0 Å². The van der Waals surface area contributed by atoms with E-state index in [-0.39, 0.29) is 12.4 Å². The summed E-state index contributed by atoms with van der Waals surface area (Å²) in [6.07, 6.45) is 8.95. The van der Waals surface area contributed by atoms with Crippen molar-refractivity contribution in [1.82, 2.24) is 0 Å². The van der Waals surface area contributed by atoms with Crippen LogP contribution in [0.15, 0.2) is 54.6 Å². The summed E-state index contributed by atoms with van der Waals surface area (Å²) in [5.41, 5.74) is 3.02. The molecule has 0 spiro atoms. The van der Waals surface area contributed by atoms with E-state index >= 15 is 0 Å². The largest absolute Gasteiger partial charge is 0.489 e. The van der Waals surface area contributed by atoms with Crippen molar-refractivity contribution in [1.29, 1.82) is 0 Å². The van der Waals surface area contributed by atoms with Crippen LogP contribution in [0.3, 0.4) is 0 Å². The average molecular weight is 384 g/mol. The number of hydrogen-bond donors (Lipinski definition) is 1. The molecule has 2 aromatic carbocycles. The number of anilines is 1. The second kappa shape index (κ2) is 7.75. The molecule has 4 saturated carbocycles. The topological polar surface area (TPSA) is 21.3 Å². The van der Waals surface area contributed by atoms with Crippen molar-refractivity contribution >= 4 is 18.1 Å². The van der Waals surface area contributed by atoms with E-state index in [4.69, 9.17) is 4.74 Å². The van der Waals surface area contributed by atoms with Crippen LogP contribution in [0.5, 0.6) is 5.75 Å². The molecule has 1 N–H and O–H groups in total. The van der Waals surface area contributed by atoms with Crippen LogP contribution in [-0.4, -0.2) is 6.54 Å². The Morgan fingerprint density at radius 3 is 2.00 bits per heavy atom. The molecule has 144 valence electrons. The Hall–Kier alpha value is -1.67. The van der Waals surface area contributed by atoms with Gasteiger partial charge in [-0.2, -0.15) is 0 Å². The van der Waals surface area contributed by atoms with E-state index in [0.717, 1.165) is 30.0 Å². The lowest BCUT2D eigenvalue weighted by atomic mass is 9.49. The fourth-order valence-corrected chi connectivity index (χ4v) is 6.21. The Kier molecular flexibility index (Phi) is 5.36. The normalized spacial score (nSPS) is 30.6. The zero-order valence-electron chi connectivity index (χ0n) is 15.9. The summed E-state index contributed by atoms with van der Waals surface area (Å²) >= 11 is 0. The van der Waals surface area contributed by atoms with Crippen molar-refractivity contribution in [3.8, 4) is 5.75 Å². The van der Waals surface area contributed by atoms with Crippen LogP contribution < -0.4 is 10.1 Å². The summed E-state index contributed by atoms with van der Waals surface area (Å²) < 4.78 is 5.90. The first kappa shape index (κ1) is 18.7. The van der Waals surface area contributed by atoms with Crippen molar-refractivity contribution in [2.24, 2.45) is 23.2 Å². The lowest BCUT2D eigenvalue weighted by Gasteiger charge is -2.57. The number of benzene rings is 2. The predicted molar refractivity (Wildman–Crippen MR) is 114 cm³/mol. The Balaban J connectivity index is 0.00000180. The molecular formula is C24H30ClNO. The molecule has 2 aromatic rings. The van der Waals surface area contributed by atoms with E-state index in [9.17, 15) is 0 Å². The van der Waals surface area contributed by atoms with Crippen LogP contribution in [0, 0.1) is 23.2 Å². The third-order valence-electron chi connectivity index (χ3n) is 6.94. The molecule has 3 heteroatoms. The lowest BCUT2D eigenvalue weighted by Crippen LogP contribution is -2.49. The average Bonchev–Trinajstić information content (AvgIpc) is 2.65. The molecule has 27 heavy (non-hydrogen) atoms. The number of ether oxygens (including phenoxy) is 1. The number of rotatable bonds is 6. The minimum Gasteiger partial charge on any atom is -0.489 e. The van der Waals surface area contributed by atoms with Crippen LogP contribution >= 0.6 is 12.4 Å². The van der Waals surface area contributed by atoms with Crippen molar-refractivity contribution in [2.45, 2.75) is 45.1 Å². The Morgan fingerprint density at radius 2 is 1.41 bits per heavy atom. The molecule has 0 amide bonds. The molecule has 0 atom stereocenters. The van der Waals surface area contributed by atoms with Crippen molar-refractivity contribution in [3.05, 3.63) is 60.2 Å². The van der Waals surface area contributed by atoms with E-state index < -0.39 is 0 Å². The first-order valence-electron chi connectivity index (χ1n) is 10.3. The number of hydrogen-bond acceptors (Lipinski definition) is 2. The van der Waals surface area contributed by atoms with E-state index in [1.807, 2.05) is 6.07 Å². The quantitative estimate of drug-likeness (QED) is 0.630. The molecule has 4 bridgehead atoms. The standard InChI is InChI=1S/C24H29NO.ClH/c1-2-4-18(5-3-1)16-26-23-8-6-22(7-9-23)25-17-24-13-19-10-20(14-24)12-21(11-19)15-24;/h1-9,19-21,25H,10-17H2;1H. The maximum Gasteiger partial charge on any atom is 0.119 e. The minimum absolute atomic E-state index is 0. The first-order chi connectivity index (χ1) is 12.8. The molecule has 4 aliphatic rings. The highest BCUT2D eigenvalue weighted by molar-refractivity contribution is 5.85. The van der Waals surface area contributed by atoms with Gasteiger partial charge in [-0.15, -0.1) is 12.4 Å². The van der Waals surface area contributed by atoms with Gasteiger partial charge in [0.1, 0.15) is 12.4 Å². The highest BCUT2D eigenvalue weighted by Crippen LogP contribution is 2.59. The molecular weight excluding hydrogens is 354 g/mol. The van der Waals surface area contributed by atoms with E-state index in [2.05, 4.69) is 53.8 Å². The Labute approximate surface area is 169 Å². The maximum atomic E-state index is 5.90. The molecule has 0 heterocycles. The maximum absolute atomic E-state index is 5.90. The highest BCUT2D eigenvalue weighted by Gasteiger charge is 2.50. The fraction of sp³-hybridized carbons (Fsp3) is 0.500. The molecule has 0 aromatic heterocycles. The number of halogens is 1. The first-order valence-corrected chi connectivity index (χ1v) is 10.3. The third kappa shape index (κ3) is 4.11. The molecule has 4 fully saturated rings. The predicted octanol–water partition coefficient (Wildman–Crippen LogP) is 6.32. The van der Waals surface area contributed by atoms with Gasteiger partial charge in [0.15, 0.2) is 0 Å². The summed E-state index contributed by atoms with van der Waals surface area (Å²) in [7, 11) is 0. The second-order valence-electron chi connectivity index (χ2n) is 9.07. The van der Waals surface area contributed by atoms with Gasteiger partial charge in [-0.1, -0.05) is 30.3 Å². The Morgan fingerprint density at radius 1 is 0.815 bits per heavy atom. The van der Waals surface area contributed by atoms with Gasteiger partial charge in [-0.05, 0) is 91.5 Å². The van der Waals surface area contributed by atoms with Gasteiger partial charge in [-0.3, -0.25) is 0 Å². The van der Waals surface area contributed by atoms with Crippen LogP contribution in [0.2, 0.25) is 0 Å². The molecule has 0 radical (unpaired) electrons. The van der Waals surface area contributed by atoms with Gasteiger partial charge in [0.05, 0.1) is 0 Å². The molecule has 0 unspecified atom stereocenters. The monoisotopic (exact) mass is 383 g/mol. The molecule has 0 aliphatic heterocycles. The summed E-state index contributed by atoms with van der Waals surface area (Å²) in [4.78, 5) is 0. The minimum atomic E-state index is 0. The van der Waals surface area contributed by atoms with Crippen LogP contribution in [0.4, 0.5) is 5.69 Å². The molecule has 6 rings (SSSR count). The van der Waals surface area contributed by atoms with E-state index in [1.165, 1.54) is 49.8 Å². The van der Waals surface area contributed by atoms with Gasteiger partial charge in [0, 0.05) is 12.2 Å². The molecule has 4 aliphatic carbocycles. The van der Waals surface area contributed by atoms with Gasteiger partial charge >= 0.3 is 0 Å². The summed E-state index contributed by atoms with van der Waals surface area (Å²) in [6, 6.07) is 18.8. The smallest absolute Gasteiger partial charge is 0.119 e. The lowest BCUT2D eigenvalue weighted by molar-refractivity contribution is -0.0444. The summed E-state index contributed by atoms with van der Waals surface area (Å²) in [5, 5.41) is 3.75. The van der Waals surface area contributed by atoms with E-state index in [1.54, 1.807) is 0 Å². The SMILES string of the molecule is Cl.c1ccc(COc2ccc(NCC34CC5CC(CC(C5)C3)C4)cc2)cc1. The van der Waals surface area contributed by atoms with Gasteiger partial charge < -0.3 is 10.1 Å². The third-order valence-corrected chi connectivity index (χ3v) is 6.94. The van der Waals surface area contributed by atoms with Crippen LogP contribution in [0.25, 0.3) is 0 Å². The molecule has 2 nitrogen and oxygen atoms in total. The number of nitrogens with one attached hydrogen (secondary N) is 1. The van der Waals surface area contributed by atoms with Crippen LogP contribution in [0.1, 0.15) is 44.1 Å². The second-order valence-corrected chi connectivity index (χ2v) is 9.07. The van der Waals surface area contributed by atoms with Crippen molar-refractivity contribution in [2.75, 3.05) is 11.9 Å². The van der Waals surface area contributed by atoms with Gasteiger partial charge in [0.2, 0.25) is 0 Å². The zero-order valence-corrected chi connectivity index (χ0v) is 16.7. The van der Waals surface area contributed by atoms with Crippen molar-refractivity contribution < 1.29 is 4.74 Å². The highest BCUT2D eigenvalue weighted by atomic mass is 35.5. The summed E-state index contributed by atoms with van der Waals surface area (Å²) in [5.74, 6) is 4.01. The zero-order chi connectivity index (χ0) is 17.4.